The quantitative estimate of drug-likeness (QED) is 0.273. The molecule has 0 saturated heterocycles. The lowest BCUT2D eigenvalue weighted by atomic mass is 9.52. The molecule has 4 saturated carbocycles. The van der Waals surface area contributed by atoms with Gasteiger partial charge in [0.1, 0.15) is 5.60 Å². The summed E-state index contributed by atoms with van der Waals surface area (Å²) in [5.41, 5.74) is -1.55. The summed E-state index contributed by atoms with van der Waals surface area (Å²) < 4.78 is 105. The van der Waals surface area contributed by atoms with E-state index < -0.39 is 53.9 Å². The van der Waals surface area contributed by atoms with Crippen molar-refractivity contribution in [2.24, 2.45) is 11.8 Å². The topological polar surface area (TPSA) is 61.8 Å². The Labute approximate surface area is 185 Å². The fourth-order valence-corrected chi connectivity index (χ4v) is 5.64. The fourth-order valence-electron chi connectivity index (χ4n) is 5.64. The second kappa shape index (κ2) is 8.13. The molecule has 0 aromatic rings. The van der Waals surface area contributed by atoms with E-state index in [1.165, 1.54) is 6.92 Å². The number of ether oxygens (including phenoxy) is 3. The molecule has 4 rings (SSSR count). The number of halogens is 7. The minimum atomic E-state index is -6.51. The minimum absolute atomic E-state index is 0.127. The van der Waals surface area contributed by atoms with E-state index in [0.717, 1.165) is 13.3 Å². The number of alkyl halides is 7. The zero-order valence-corrected chi connectivity index (χ0v) is 18.1. The smallest absolute Gasteiger partial charge is 0.457 e. The highest BCUT2D eigenvalue weighted by molar-refractivity contribution is 5.87. The van der Waals surface area contributed by atoms with Crippen molar-refractivity contribution in [2.45, 2.75) is 87.7 Å². The molecule has 12 heteroatoms. The summed E-state index contributed by atoms with van der Waals surface area (Å²) in [6, 6.07) is 0. The molecule has 4 aliphatic carbocycles. The number of hydrogen-bond donors (Lipinski definition) is 0. The number of carbonyl (C=O) groups is 2. The van der Waals surface area contributed by atoms with Crippen LogP contribution in [-0.2, 0) is 23.8 Å². The Morgan fingerprint density at radius 1 is 1.00 bits per heavy atom. The van der Waals surface area contributed by atoms with Crippen LogP contribution in [0.15, 0.2) is 12.2 Å². The number of esters is 2. The van der Waals surface area contributed by atoms with Crippen LogP contribution >= 0.6 is 0 Å². The average molecular weight is 490 g/mol. The SMILES string of the molecule is C=C(C)C(=O)OC12CC3CC(C1)CC(OC(C)C(=O)OCC(F)(F)C(F)(F)C(F)(F)F)(C3)C2. The van der Waals surface area contributed by atoms with Gasteiger partial charge in [0.25, 0.3) is 0 Å². The molecule has 33 heavy (non-hydrogen) atoms. The fraction of sp³-hybridized carbons (Fsp3) is 0.810. The normalized spacial score (nSPS) is 32.4. The van der Waals surface area contributed by atoms with Crippen LogP contribution < -0.4 is 0 Å². The summed E-state index contributed by atoms with van der Waals surface area (Å²) in [5, 5.41) is 0. The highest BCUT2D eigenvalue weighted by atomic mass is 19.4. The standard InChI is InChI=1S/C21H25F7O5/c1-11(2)15(29)33-18-7-13-4-14(8-18)6-17(5-13,9-18)32-12(3)16(30)31-10-19(22,23)20(24,25)21(26,27)28/h12-14H,1,4-10H2,2-3H3. The van der Waals surface area contributed by atoms with Gasteiger partial charge in [0, 0.05) is 12.0 Å². The lowest BCUT2D eigenvalue weighted by Crippen LogP contribution is -2.62. The van der Waals surface area contributed by atoms with Crippen molar-refractivity contribution in [3.63, 3.8) is 0 Å². The van der Waals surface area contributed by atoms with E-state index in [1.807, 2.05) is 0 Å². The van der Waals surface area contributed by atoms with Gasteiger partial charge in [-0.2, -0.15) is 30.7 Å². The van der Waals surface area contributed by atoms with Gasteiger partial charge in [-0.15, -0.1) is 0 Å². The third-order valence-electron chi connectivity index (χ3n) is 6.58. The van der Waals surface area contributed by atoms with Gasteiger partial charge in [0.2, 0.25) is 0 Å². The van der Waals surface area contributed by atoms with E-state index in [0.29, 0.717) is 25.7 Å². The van der Waals surface area contributed by atoms with Crippen LogP contribution in [0.4, 0.5) is 30.7 Å². The van der Waals surface area contributed by atoms with Crippen molar-refractivity contribution in [1.82, 2.24) is 0 Å². The molecule has 3 unspecified atom stereocenters. The third kappa shape index (κ3) is 4.85. The molecule has 188 valence electrons. The van der Waals surface area contributed by atoms with Crippen LogP contribution in [0.2, 0.25) is 0 Å². The van der Waals surface area contributed by atoms with E-state index in [4.69, 9.17) is 9.47 Å². The maximum absolute atomic E-state index is 13.4. The zero-order valence-electron chi connectivity index (χ0n) is 18.1. The van der Waals surface area contributed by atoms with Gasteiger partial charge in [-0.1, -0.05) is 6.58 Å². The van der Waals surface area contributed by atoms with E-state index in [-0.39, 0.29) is 23.8 Å². The molecule has 3 atom stereocenters. The predicted octanol–water partition coefficient (Wildman–Crippen LogP) is 4.98. The molecule has 0 radical (unpaired) electrons. The number of rotatable bonds is 8. The Bertz CT molecular complexity index is 808. The monoisotopic (exact) mass is 490 g/mol. The van der Waals surface area contributed by atoms with Gasteiger partial charge in [-0.25, -0.2) is 9.59 Å². The molecule has 4 bridgehead atoms. The maximum Gasteiger partial charge on any atom is 0.460 e. The molecule has 0 aromatic heterocycles. The number of carbonyl (C=O) groups excluding carboxylic acids is 2. The maximum atomic E-state index is 13.4. The summed E-state index contributed by atoms with van der Waals surface area (Å²) in [4.78, 5) is 24.3. The summed E-state index contributed by atoms with van der Waals surface area (Å²) in [7, 11) is 0. The van der Waals surface area contributed by atoms with Crippen molar-refractivity contribution in [1.29, 1.82) is 0 Å². The van der Waals surface area contributed by atoms with Crippen molar-refractivity contribution in [3.05, 3.63) is 12.2 Å². The largest absolute Gasteiger partial charge is 0.460 e. The van der Waals surface area contributed by atoms with Crippen molar-refractivity contribution in [2.75, 3.05) is 6.61 Å². The van der Waals surface area contributed by atoms with Crippen LogP contribution in [0.3, 0.4) is 0 Å². The van der Waals surface area contributed by atoms with E-state index in [2.05, 4.69) is 11.3 Å². The van der Waals surface area contributed by atoms with Gasteiger partial charge in [0.15, 0.2) is 12.7 Å². The molecule has 4 fully saturated rings. The first-order valence-electron chi connectivity index (χ1n) is 10.5. The van der Waals surface area contributed by atoms with Crippen LogP contribution in [-0.4, -0.2) is 53.9 Å². The lowest BCUT2D eigenvalue weighted by molar-refractivity contribution is -0.360. The van der Waals surface area contributed by atoms with Gasteiger partial charge < -0.3 is 14.2 Å². The van der Waals surface area contributed by atoms with Gasteiger partial charge in [0.05, 0.1) is 5.60 Å². The first kappa shape index (κ1) is 25.8. The van der Waals surface area contributed by atoms with Crippen molar-refractivity contribution >= 4 is 11.9 Å². The van der Waals surface area contributed by atoms with Crippen molar-refractivity contribution in [3.8, 4) is 0 Å². The molecule has 0 aromatic carbocycles. The van der Waals surface area contributed by atoms with Crippen LogP contribution in [0.25, 0.3) is 0 Å². The van der Waals surface area contributed by atoms with Crippen LogP contribution in [0.1, 0.15) is 52.4 Å². The third-order valence-corrected chi connectivity index (χ3v) is 6.58. The van der Waals surface area contributed by atoms with Gasteiger partial charge in [-0.05, 0) is 57.8 Å². The van der Waals surface area contributed by atoms with Gasteiger partial charge in [-0.3, -0.25) is 0 Å². The van der Waals surface area contributed by atoms with E-state index in [1.54, 1.807) is 0 Å². The Morgan fingerprint density at radius 2 is 1.52 bits per heavy atom. The van der Waals surface area contributed by atoms with Gasteiger partial charge >= 0.3 is 30.0 Å². The minimum Gasteiger partial charge on any atom is -0.457 e. The summed E-state index contributed by atoms with van der Waals surface area (Å²) in [5.74, 6) is -13.8. The average Bonchev–Trinajstić information content (AvgIpc) is 2.63. The van der Waals surface area contributed by atoms with E-state index >= 15 is 0 Å². The predicted molar refractivity (Wildman–Crippen MR) is 98.5 cm³/mol. The first-order valence-corrected chi connectivity index (χ1v) is 10.5. The molecular weight excluding hydrogens is 465 g/mol. The molecule has 4 aliphatic rings. The molecular formula is C21H25F7O5. The Hall–Kier alpha value is -1.85. The summed E-state index contributed by atoms with van der Waals surface area (Å²) in [6.07, 6.45) is -4.69. The Kier molecular flexibility index (Phi) is 6.34. The summed E-state index contributed by atoms with van der Waals surface area (Å²) in [6.45, 7) is 3.76. The van der Waals surface area contributed by atoms with Crippen LogP contribution in [0.5, 0.6) is 0 Å². The zero-order chi connectivity index (χ0) is 25.0. The second-order valence-corrected chi connectivity index (χ2v) is 9.64. The Morgan fingerprint density at radius 3 is 2.00 bits per heavy atom. The molecule has 0 spiro atoms. The highest BCUT2D eigenvalue weighted by Crippen LogP contribution is 2.60. The molecule has 0 N–H and O–H groups in total. The molecule has 5 nitrogen and oxygen atoms in total. The van der Waals surface area contributed by atoms with Crippen LogP contribution in [0, 0.1) is 11.8 Å². The molecule has 0 heterocycles. The highest BCUT2D eigenvalue weighted by Gasteiger charge is 2.73. The van der Waals surface area contributed by atoms with E-state index in [9.17, 15) is 40.3 Å². The first-order chi connectivity index (χ1) is 14.9. The number of hydrogen-bond acceptors (Lipinski definition) is 5. The molecule has 0 aliphatic heterocycles. The molecule has 0 amide bonds. The van der Waals surface area contributed by atoms with Crippen molar-refractivity contribution < 1.29 is 54.5 Å². The second-order valence-electron chi connectivity index (χ2n) is 9.64. The Balaban J connectivity index is 1.66. The lowest BCUT2D eigenvalue weighted by Gasteiger charge is -2.61. The summed E-state index contributed by atoms with van der Waals surface area (Å²) >= 11 is 0.